The van der Waals surface area contributed by atoms with Gasteiger partial charge in [-0.15, -0.1) is 0 Å². The van der Waals surface area contributed by atoms with Crippen LogP contribution in [0.25, 0.3) is 0 Å². The quantitative estimate of drug-likeness (QED) is 0.444. The smallest absolute Gasteiger partial charge is 0.269 e. The minimum Gasteiger partial charge on any atom is -0.343 e. The fourth-order valence-electron chi connectivity index (χ4n) is 3.55. The van der Waals surface area contributed by atoms with E-state index in [1.165, 1.54) is 47.9 Å². The number of non-ortho nitro benzene ring substituents is 1. The highest BCUT2D eigenvalue weighted by atomic mass is 32.1. The van der Waals surface area contributed by atoms with Crippen LogP contribution in [0, 0.1) is 15.9 Å². The maximum Gasteiger partial charge on any atom is 0.269 e. The second-order valence-electron chi connectivity index (χ2n) is 7.39. The van der Waals surface area contributed by atoms with Crippen molar-refractivity contribution in [2.45, 2.75) is 19.4 Å². The Morgan fingerprint density at radius 2 is 1.90 bits per heavy atom. The molecule has 0 aliphatic carbocycles. The van der Waals surface area contributed by atoms with Crippen molar-refractivity contribution in [3.05, 3.63) is 81.4 Å². The molecule has 1 aliphatic rings. The van der Waals surface area contributed by atoms with Crippen LogP contribution in [-0.2, 0) is 6.42 Å². The van der Waals surface area contributed by atoms with Crippen LogP contribution in [0.15, 0.2) is 48.5 Å². The van der Waals surface area contributed by atoms with Crippen molar-refractivity contribution in [2.24, 2.45) is 0 Å². The number of hydrogen-bond donors (Lipinski definition) is 0. The van der Waals surface area contributed by atoms with Crippen molar-refractivity contribution in [2.75, 3.05) is 24.5 Å². The van der Waals surface area contributed by atoms with Gasteiger partial charge in [0.2, 0.25) is 5.13 Å². The fraction of sp³-hybridized carbons (Fsp3) is 0.286. The molecule has 0 radical (unpaired) electrons. The molecule has 31 heavy (non-hydrogen) atoms. The minimum absolute atomic E-state index is 0.0397. The Balaban J connectivity index is 1.39. The van der Waals surface area contributed by atoms with Gasteiger partial charge < -0.3 is 9.80 Å². The van der Waals surface area contributed by atoms with E-state index >= 15 is 0 Å². The molecular weight excluding hydrogens is 421 g/mol. The average Bonchev–Trinajstić information content (AvgIpc) is 3.23. The molecule has 1 saturated heterocycles. The van der Waals surface area contributed by atoms with Crippen LogP contribution in [0.5, 0.6) is 0 Å². The van der Waals surface area contributed by atoms with Crippen molar-refractivity contribution in [3.63, 3.8) is 0 Å². The molecule has 2 heterocycles. The number of halogens is 1. The second kappa shape index (κ2) is 8.76. The number of piperazine rings is 1. The molecule has 1 amide bonds. The Hall–Kier alpha value is -3.40. The standard InChI is InChI=1S/C21H20FN5O3S/c1-14-13-25(21-23-19(24-31-21)12-15-2-6-17(22)7-3-15)10-11-26(14)20(28)16-4-8-18(9-5-16)27(29)30/h2-9,14H,10-13H2,1H3. The van der Waals surface area contributed by atoms with Crippen LogP contribution >= 0.6 is 11.5 Å². The van der Waals surface area contributed by atoms with Crippen molar-refractivity contribution >= 4 is 28.3 Å². The van der Waals surface area contributed by atoms with Gasteiger partial charge in [-0.25, -0.2) is 9.37 Å². The van der Waals surface area contributed by atoms with E-state index in [4.69, 9.17) is 0 Å². The SMILES string of the molecule is CC1CN(c2nc(Cc3ccc(F)cc3)ns2)CCN1C(=O)c1ccc([N+](=O)[O-])cc1. The zero-order chi connectivity index (χ0) is 22.0. The van der Waals surface area contributed by atoms with Gasteiger partial charge >= 0.3 is 0 Å². The Morgan fingerprint density at radius 1 is 1.19 bits per heavy atom. The lowest BCUT2D eigenvalue weighted by Crippen LogP contribution is -2.54. The van der Waals surface area contributed by atoms with E-state index in [0.717, 1.165) is 10.7 Å². The van der Waals surface area contributed by atoms with Crippen LogP contribution in [0.2, 0.25) is 0 Å². The number of hydrogen-bond acceptors (Lipinski definition) is 7. The highest BCUT2D eigenvalue weighted by Gasteiger charge is 2.29. The Kier molecular flexibility index (Phi) is 5.90. The van der Waals surface area contributed by atoms with Gasteiger partial charge in [0.25, 0.3) is 11.6 Å². The molecule has 160 valence electrons. The molecule has 10 heteroatoms. The third kappa shape index (κ3) is 4.69. The first-order chi connectivity index (χ1) is 14.9. The summed E-state index contributed by atoms with van der Waals surface area (Å²) in [4.78, 5) is 31.7. The number of nitro groups is 1. The molecular formula is C21H20FN5O3S. The van der Waals surface area contributed by atoms with E-state index in [0.29, 0.717) is 37.4 Å². The molecule has 1 fully saturated rings. The molecule has 1 unspecified atom stereocenters. The molecule has 3 aromatic rings. The molecule has 1 aliphatic heterocycles. The molecule has 2 aromatic carbocycles. The van der Waals surface area contributed by atoms with E-state index in [1.807, 2.05) is 6.92 Å². The summed E-state index contributed by atoms with van der Waals surface area (Å²) in [6.07, 6.45) is 0.533. The maximum atomic E-state index is 13.1. The van der Waals surface area contributed by atoms with Gasteiger partial charge in [-0.1, -0.05) is 12.1 Å². The third-order valence-electron chi connectivity index (χ3n) is 5.22. The first-order valence-corrected chi connectivity index (χ1v) is 10.6. The lowest BCUT2D eigenvalue weighted by atomic mass is 10.1. The number of amides is 1. The van der Waals surface area contributed by atoms with Crippen LogP contribution in [0.3, 0.4) is 0 Å². The summed E-state index contributed by atoms with van der Waals surface area (Å²) < 4.78 is 17.5. The van der Waals surface area contributed by atoms with Gasteiger partial charge in [-0.2, -0.15) is 4.37 Å². The topological polar surface area (TPSA) is 92.5 Å². The molecule has 0 spiro atoms. The van der Waals surface area contributed by atoms with Crippen molar-refractivity contribution in [1.82, 2.24) is 14.3 Å². The van der Waals surface area contributed by atoms with Crippen LogP contribution < -0.4 is 4.90 Å². The highest BCUT2D eigenvalue weighted by Crippen LogP contribution is 2.24. The summed E-state index contributed by atoms with van der Waals surface area (Å²) in [5, 5.41) is 11.6. The van der Waals surface area contributed by atoms with Gasteiger partial charge in [0.05, 0.1) is 4.92 Å². The molecule has 1 aromatic heterocycles. The normalized spacial score (nSPS) is 16.4. The number of anilines is 1. The number of carbonyl (C=O) groups is 1. The molecule has 1 atom stereocenters. The lowest BCUT2D eigenvalue weighted by Gasteiger charge is -2.39. The summed E-state index contributed by atoms with van der Waals surface area (Å²) in [7, 11) is 0. The number of rotatable bonds is 5. The number of benzene rings is 2. The number of nitrogens with zero attached hydrogens (tertiary/aromatic N) is 5. The highest BCUT2D eigenvalue weighted by molar-refractivity contribution is 7.09. The van der Waals surface area contributed by atoms with Crippen molar-refractivity contribution in [3.8, 4) is 0 Å². The van der Waals surface area contributed by atoms with Gasteiger partial charge in [0.15, 0.2) is 0 Å². The summed E-state index contributed by atoms with van der Waals surface area (Å²) in [6, 6.07) is 11.9. The number of carbonyl (C=O) groups excluding carboxylic acids is 1. The molecule has 4 rings (SSSR count). The summed E-state index contributed by atoms with van der Waals surface area (Å²) >= 11 is 1.31. The summed E-state index contributed by atoms with van der Waals surface area (Å²) in [5.41, 5.74) is 1.34. The Morgan fingerprint density at radius 3 is 2.55 bits per heavy atom. The Bertz CT molecular complexity index is 1090. The molecule has 0 bridgehead atoms. The number of nitro benzene ring substituents is 1. The minimum atomic E-state index is -0.484. The predicted molar refractivity (Wildman–Crippen MR) is 115 cm³/mol. The van der Waals surface area contributed by atoms with E-state index < -0.39 is 4.92 Å². The second-order valence-corrected chi connectivity index (χ2v) is 8.12. The largest absolute Gasteiger partial charge is 0.343 e. The van der Waals surface area contributed by atoms with Crippen molar-refractivity contribution in [1.29, 1.82) is 0 Å². The number of aromatic nitrogens is 2. The van der Waals surface area contributed by atoms with Crippen LogP contribution in [0.1, 0.15) is 28.7 Å². The first kappa shape index (κ1) is 20.9. The first-order valence-electron chi connectivity index (χ1n) is 9.78. The molecule has 0 saturated carbocycles. The zero-order valence-electron chi connectivity index (χ0n) is 16.8. The van der Waals surface area contributed by atoms with Crippen LogP contribution in [0.4, 0.5) is 15.2 Å². The third-order valence-corrected chi connectivity index (χ3v) is 6.03. The van der Waals surface area contributed by atoms with Gasteiger partial charge in [-0.3, -0.25) is 14.9 Å². The van der Waals surface area contributed by atoms with E-state index in [2.05, 4.69) is 14.3 Å². The summed E-state index contributed by atoms with van der Waals surface area (Å²) in [6.45, 7) is 3.72. The molecule has 0 N–H and O–H groups in total. The van der Waals surface area contributed by atoms with E-state index in [1.54, 1.807) is 17.0 Å². The fourth-order valence-corrected chi connectivity index (χ4v) is 4.27. The zero-order valence-corrected chi connectivity index (χ0v) is 17.6. The molecule has 8 nitrogen and oxygen atoms in total. The predicted octanol–water partition coefficient (Wildman–Crippen LogP) is 3.53. The maximum absolute atomic E-state index is 13.1. The average molecular weight is 441 g/mol. The lowest BCUT2D eigenvalue weighted by molar-refractivity contribution is -0.384. The van der Waals surface area contributed by atoms with Crippen LogP contribution in [-0.4, -0.2) is 50.8 Å². The van der Waals surface area contributed by atoms with Crippen molar-refractivity contribution < 1.29 is 14.1 Å². The monoisotopic (exact) mass is 441 g/mol. The Labute approximate surface area is 182 Å². The van der Waals surface area contributed by atoms with E-state index in [-0.39, 0.29) is 23.5 Å². The van der Waals surface area contributed by atoms with Gasteiger partial charge in [0.1, 0.15) is 11.6 Å². The van der Waals surface area contributed by atoms with E-state index in [9.17, 15) is 19.3 Å². The summed E-state index contributed by atoms with van der Waals surface area (Å²) in [5.74, 6) is 0.269. The van der Waals surface area contributed by atoms with Gasteiger partial charge in [0, 0.05) is 61.3 Å². The van der Waals surface area contributed by atoms with Gasteiger partial charge in [-0.05, 0) is 36.8 Å².